The second-order valence-electron chi connectivity index (χ2n) is 4.39. The summed E-state index contributed by atoms with van der Waals surface area (Å²) in [6.45, 7) is 1.89. The van der Waals surface area contributed by atoms with Crippen molar-refractivity contribution in [1.82, 2.24) is 10.6 Å². The Kier molecular flexibility index (Phi) is 3.59. The SMILES string of the molecule is CNC1(c2ccccc2)CNCC(OC)C1. The van der Waals surface area contributed by atoms with E-state index in [2.05, 4.69) is 41.0 Å². The molecular weight excluding hydrogens is 200 g/mol. The van der Waals surface area contributed by atoms with E-state index in [1.54, 1.807) is 7.11 Å². The summed E-state index contributed by atoms with van der Waals surface area (Å²) >= 11 is 0. The summed E-state index contributed by atoms with van der Waals surface area (Å²) in [5, 5.41) is 6.89. The molecule has 2 atom stereocenters. The zero-order valence-corrected chi connectivity index (χ0v) is 9.99. The minimum atomic E-state index is 0.000185. The zero-order valence-electron chi connectivity index (χ0n) is 9.99. The van der Waals surface area contributed by atoms with Crippen molar-refractivity contribution >= 4 is 0 Å². The molecule has 2 rings (SSSR count). The lowest BCUT2D eigenvalue weighted by molar-refractivity contribution is 0.0431. The summed E-state index contributed by atoms with van der Waals surface area (Å²) in [4.78, 5) is 0. The van der Waals surface area contributed by atoms with Gasteiger partial charge in [-0.05, 0) is 19.0 Å². The van der Waals surface area contributed by atoms with Gasteiger partial charge in [0.25, 0.3) is 0 Å². The first-order valence-corrected chi connectivity index (χ1v) is 5.79. The normalized spacial score (nSPS) is 30.2. The van der Waals surface area contributed by atoms with Crippen LogP contribution in [0.25, 0.3) is 0 Å². The van der Waals surface area contributed by atoms with Crippen LogP contribution in [-0.4, -0.2) is 33.4 Å². The van der Waals surface area contributed by atoms with E-state index in [0.717, 1.165) is 19.5 Å². The van der Waals surface area contributed by atoms with Crippen LogP contribution in [-0.2, 0) is 10.3 Å². The Labute approximate surface area is 97.2 Å². The molecular formula is C13H20N2O. The highest BCUT2D eigenvalue weighted by atomic mass is 16.5. The van der Waals surface area contributed by atoms with Gasteiger partial charge in [-0.2, -0.15) is 0 Å². The molecule has 1 saturated heterocycles. The van der Waals surface area contributed by atoms with E-state index < -0.39 is 0 Å². The summed E-state index contributed by atoms with van der Waals surface area (Å²) in [6, 6.07) is 10.6. The Morgan fingerprint density at radius 2 is 2.12 bits per heavy atom. The number of piperidine rings is 1. The summed E-state index contributed by atoms with van der Waals surface area (Å²) in [5.74, 6) is 0. The molecule has 2 unspecified atom stereocenters. The third-order valence-corrected chi connectivity index (χ3v) is 3.51. The fraction of sp³-hybridized carbons (Fsp3) is 0.538. The smallest absolute Gasteiger partial charge is 0.0717 e. The van der Waals surface area contributed by atoms with Gasteiger partial charge in [0.1, 0.15) is 0 Å². The second kappa shape index (κ2) is 4.95. The Bertz CT molecular complexity index is 328. The van der Waals surface area contributed by atoms with E-state index in [1.807, 2.05) is 7.05 Å². The van der Waals surface area contributed by atoms with Crippen LogP contribution in [0.3, 0.4) is 0 Å². The van der Waals surface area contributed by atoms with E-state index in [1.165, 1.54) is 5.56 Å². The lowest BCUT2D eigenvalue weighted by Crippen LogP contribution is -2.56. The highest BCUT2D eigenvalue weighted by Crippen LogP contribution is 2.28. The number of likely N-dealkylation sites (N-methyl/N-ethyl adjacent to an activating group) is 1. The molecule has 1 aromatic rings. The van der Waals surface area contributed by atoms with Crippen LogP contribution in [0.2, 0.25) is 0 Å². The van der Waals surface area contributed by atoms with E-state index >= 15 is 0 Å². The maximum atomic E-state index is 5.47. The molecule has 1 fully saturated rings. The molecule has 88 valence electrons. The fourth-order valence-electron chi connectivity index (χ4n) is 2.46. The highest BCUT2D eigenvalue weighted by molar-refractivity contribution is 5.26. The van der Waals surface area contributed by atoms with Gasteiger partial charge in [-0.25, -0.2) is 0 Å². The second-order valence-corrected chi connectivity index (χ2v) is 4.39. The monoisotopic (exact) mass is 220 g/mol. The van der Waals surface area contributed by atoms with Crippen LogP contribution >= 0.6 is 0 Å². The van der Waals surface area contributed by atoms with Crippen molar-refractivity contribution in [3.63, 3.8) is 0 Å². The van der Waals surface area contributed by atoms with Gasteiger partial charge in [-0.15, -0.1) is 0 Å². The van der Waals surface area contributed by atoms with Crippen LogP contribution in [0, 0.1) is 0 Å². The molecule has 3 heteroatoms. The third-order valence-electron chi connectivity index (χ3n) is 3.51. The van der Waals surface area contributed by atoms with Crippen LogP contribution in [0.5, 0.6) is 0 Å². The van der Waals surface area contributed by atoms with Gasteiger partial charge in [0, 0.05) is 20.2 Å². The predicted octanol–water partition coefficient (Wildman–Crippen LogP) is 1.11. The summed E-state index contributed by atoms with van der Waals surface area (Å²) in [5.41, 5.74) is 1.33. The molecule has 0 aromatic heterocycles. The topological polar surface area (TPSA) is 33.3 Å². The number of rotatable bonds is 3. The molecule has 1 aliphatic heterocycles. The van der Waals surface area contributed by atoms with Gasteiger partial charge >= 0.3 is 0 Å². The number of methoxy groups -OCH3 is 1. The molecule has 0 spiro atoms. The van der Waals surface area contributed by atoms with Gasteiger partial charge in [0.2, 0.25) is 0 Å². The largest absolute Gasteiger partial charge is 0.380 e. The van der Waals surface area contributed by atoms with Gasteiger partial charge in [-0.1, -0.05) is 30.3 Å². The predicted molar refractivity (Wildman–Crippen MR) is 65.5 cm³/mol. The minimum absolute atomic E-state index is 0.000185. The Morgan fingerprint density at radius 3 is 2.75 bits per heavy atom. The molecule has 2 N–H and O–H groups in total. The molecule has 0 bridgehead atoms. The number of nitrogens with one attached hydrogen (secondary N) is 2. The van der Waals surface area contributed by atoms with Crippen molar-refractivity contribution in [1.29, 1.82) is 0 Å². The average molecular weight is 220 g/mol. The molecule has 0 amide bonds. The molecule has 1 aliphatic rings. The highest BCUT2D eigenvalue weighted by Gasteiger charge is 2.36. The van der Waals surface area contributed by atoms with Crippen molar-refractivity contribution in [2.75, 3.05) is 27.2 Å². The first-order chi connectivity index (χ1) is 7.80. The Balaban J connectivity index is 2.25. The summed E-state index contributed by atoms with van der Waals surface area (Å²) in [6.07, 6.45) is 1.29. The standard InChI is InChI=1S/C13H20N2O/c1-14-13(11-6-4-3-5-7-11)8-12(16-2)9-15-10-13/h3-7,12,14-15H,8-10H2,1-2H3. The quantitative estimate of drug-likeness (QED) is 0.800. The maximum Gasteiger partial charge on any atom is 0.0717 e. The van der Waals surface area contributed by atoms with Gasteiger partial charge in [0.15, 0.2) is 0 Å². The number of hydrogen-bond donors (Lipinski definition) is 2. The number of hydrogen-bond acceptors (Lipinski definition) is 3. The lowest BCUT2D eigenvalue weighted by Gasteiger charge is -2.41. The van der Waals surface area contributed by atoms with Gasteiger partial charge in [0.05, 0.1) is 11.6 Å². The lowest BCUT2D eigenvalue weighted by atomic mass is 9.82. The molecule has 0 radical (unpaired) electrons. The Hall–Kier alpha value is -0.900. The molecule has 16 heavy (non-hydrogen) atoms. The van der Waals surface area contributed by atoms with Gasteiger partial charge in [-0.3, -0.25) is 0 Å². The number of ether oxygens (including phenoxy) is 1. The maximum absolute atomic E-state index is 5.47. The zero-order chi connectivity index (χ0) is 11.4. The summed E-state index contributed by atoms with van der Waals surface area (Å²) < 4.78 is 5.47. The first-order valence-electron chi connectivity index (χ1n) is 5.79. The van der Waals surface area contributed by atoms with Crippen LogP contribution < -0.4 is 10.6 Å². The molecule has 0 aliphatic carbocycles. The van der Waals surface area contributed by atoms with E-state index in [-0.39, 0.29) is 11.6 Å². The third kappa shape index (κ3) is 2.12. The van der Waals surface area contributed by atoms with Crippen LogP contribution in [0.1, 0.15) is 12.0 Å². The van der Waals surface area contributed by atoms with E-state index in [0.29, 0.717) is 0 Å². The van der Waals surface area contributed by atoms with Crippen molar-refractivity contribution in [2.45, 2.75) is 18.1 Å². The average Bonchev–Trinajstić information content (AvgIpc) is 2.39. The molecule has 1 heterocycles. The molecule has 0 saturated carbocycles. The molecule has 3 nitrogen and oxygen atoms in total. The minimum Gasteiger partial charge on any atom is -0.380 e. The Morgan fingerprint density at radius 1 is 1.38 bits per heavy atom. The number of benzene rings is 1. The van der Waals surface area contributed by atoms with Crippen molar-refractivity contribution in [3.05, 3.63) is 35.9 Å². The van der Waals surface area contributed by atoms with Crippen molar-refractivity contribution < 1.29 is 4.74 Å². The van der Waals surface area contributed by atoms with E-state index in [4.69, 9.17) is 4.74 Å². The van der Waals surface area contributed by atoms with Crippen LogP contribution in [0.4, 0.5) is 0 Å². The summed E-state index contributed by atoms with van der Waals surface area (Å²) in [7, 11) is 3.80. The molecule has 1 aromatic carbocycles. The fourth-order valence-corrected chi connectivity index (χ4v) is 2.46. The van der Waals surface area contributed by atoms with Crippen molar-refractivity contribution in [2.24, 2.45) is 0 Å². The van der Waals surface area contributed by atoms with Crippen LogP contribution in [0.15, 0.2) is 30.3 Å². The van der Waals surface area contributed by atoms with Gasteiger partial charge < -0.3 is 15.4 Å². The van der Waals surface area contributed by atoms with E-state index in [9.17, 15) is 0 Å². The van der Waals surface area contributed by atoms with Crippen molar-refractivity contribution in [3.8, 4) is 0 Å². The first kappa shape index (κ1) is 11.6.